The molecule has 0 saturated carbocycles. The Hall–Kier alpha value is -2.92. The van der Waals surface area contributed by atoms with Crippen LogP contribution in [0.4, 0.5) is 0 Å². The summed E-state index contributed by atoms with van der Waals surface area (Å²) in [5.41, 5.74) is 3.98. The molecular weight excluding hydrogens is 320 g/mol. The fourth-order valence-corrected chi connectivity index (χ4v) is 3.41. The number of aromatic amines is 1. The van der Waals surface area contributed by atoms with Crippen LogP contribution in [0.15, 0.2) is 60.0 Å². The smallest absolute Gasteiger partial charge is 0.335 e. The molecule has 2 aromatic heterocycles. The molecule has 2 N–H and O–H groups in total. The molecule has 0 radical (unpaired) electrons. The number of thiophene rings is 1. The lowest BCUT2D eigenvalue weighted by molar-refractivity contribution is 0.0697. The third-order valence-electron chi connectivity index (χ3n) is 3.91. The van der Waals surface area contributed by atoms with Crippen LogP contribution >= 0.6 is 11.3 Å². The second kappa shape index (κ2) is 5.94. The van der Waals surface area contributed by atoms with E-state index in [4.69, 9.17) is 5.11 Å². The summed E-state index contributed by atoms with van der Waals surface area (Å²) in [4.78, 5) is 20.1. The van der Waals surface area contributed by atoms with E-state index in [1.54, 1.807) is 29.5 Å². The predicted molar refractivity (Wildman–Crippen MR) is 95.6 cm³/mol. The molecule has 0 spiro atoms. The highest BCUT2D eigenvalue weighted by molar-refractivity contribution is 7.09. The molecule has 0 aliphatic carbocycles. The Morgan fingerprint density at radius 2 is 1.96 bits per heavy atom. The summed E-state index contributed by atoms with van der Waals surface area (Å²) in [5, 5.41) is 11.2. The highest BCUT2D eigenvalue weighted by atomic mass is 32.1. The van der Waals surface area contributed by atoms with Crippen LogP contribution in [0.25, 0.3) is 22.4 Å². The Kier molecular flexibility index (Phi) is 3.63. The van der Waals surface area contributed by atoms with Gasteiger partial charge in [0.25, 0.3) is 0 Å². The van der Waals surface area contributed by atoms with E-state index in [1.807, 2.05) is 12.1 Å². The molecule has 4 aromatic rings. The number of nitrogens with one attached hydrogen (secondary N) is 1. The Bertz CT molecular complexity index is 1000. The van der Waals surface area contributed by atoms with Crippen LogP contribution in [0.5, 0.6) is 0 Å². The molecule has 0 unspecified atom stereocenters. The van der Waals surface area contributed by atoms with Crippen molar-refractivity contribution in [1.82, 2.24) is 9.97 Å². The van der Waals surface area contributed by atoms with Crippen LogP contribution in [-0.2, 0) is 6.42 Å². The summed E-state index contributed by atoms with van der Waals surface area (Å²) in [6, 6.07) is 17.4. The molecular formula is C19H14N2O2S. The molecule has 4 nitrogen and oxygen atoms in total. The molecule has 2 aromatic carbocycles. The minimum absolute atomic E-state index is 0.254. The van der Waals surface area contributed by atoms with Crippen molar-refractivity contribution in [2.45, 2.75) is 6.42 Å². The zero-order valence-corrected chi connectivity index (χ0v) is 13.5. The van der Waals surface area contributed by atoms with Crippen LogP contribution in [0, 0.1) is 0 Å². The number of fused-ring (bicyclic) bond motifs is 1. The first-order valence-corrected chi connectivity index (χ1v) is 8.42. The highest BCUT2D eigenvalue weighted by Gasteiger charge is 2.09. The molecule has 24 heavy (non-hydrogen) atoms. The quantitative estimate of drug-likeness (QED) is 0.574. The van der Waals surface area contributed by atoms with Crippen LogP contribution < -0.4 is 0 Å². The van der Waals surface area contributed by atoms with Gasteiger partial charge in [-0.3, -0.25) is 0 Å². The van der Waals surface area contributed by atoms with Gasteiger partial charge in [0.2, 0.25) is 0 Å². The van der Waals surface area contributed by atoms with Crippen molar-refractivity contribution in [3.05, 3.63) is 76.0 Å². The number of benzene rings is 2. The number of rotatable bonds is 4. The Morgan fingerprint density at radius 3 is 2.67 bits per heavy atom. The zero-order chi connectivity index (χ0) is 16.5. The van der Waals surface area contributed by atoms with Gasteiger partial charge in [-0.05, 0) is 35.2 Å². The number of hydrogen-bond donors (Lipinski definition) is 2. The van der Waals surface area contributed by atoms with Crippen molar-refractivity contribution in [1.29, 1.82) is 0 Å². The normalized spacial score (nSPS) is 11.0. The molecule has 0 fully saturated rings. The standard InChI is InChI=1S/C19H14N2O2S/c22-19(23)14-7-8-16-17(11-14)21-18(20-16)13-5-3-12(4-6-13)10-15-2-1-9-24-15/h1-9,11H,10H2,(H,20,21)(H,22,23). The van der Waals surface area contributed by atoms with Crippen molar-refractivity contribution in [3.8, 4) is 11.4 Å². The monoisotopic (exact) mass is 334 g/mol. The maximum atomic E-state index is 11.1. The number of hydrogen-bond acceptors (Lipinski definition) is 3. The Balaban J connectivity index is 1.63. The summed E-state index contributed by atoms with van der Waals surface area (Å²) in [5.74, 6) is -0.193. The number of aromatic nitrogens is 2. The van der Waals surface area contributed by atoms with Crippen LogP contribution in [-0.4, -0.2) is 21.0 Å². The maximum absolute atomic E-state index is 11.1. The van der Waals surface area contributed by atoms with Crippen molar-refractivity contribution in [3.63, 3.8) is 0 Å². The Labute approximate surface area is 142 Å². The van der Waals surface area contributed by atoms with Crippen molar-refractivity contribution >= 4 is 28.3 Å². The zero-order valence-electron chi connectivity index (χ0n) is 12.7. The van der Waals surface area contributed by atoms with Gasteiger partial charge in [0, 0.05) is 16.9 Å². The number of carboxylic acid groups (broad SMARTS) is 1. The molecule has 5 heteroatoms. The fourth-order valence-electron chi connectivity index (χ4n) is 2.67. The molecule has 0 bridgehead atoms. The van der Waals surface area contributed by atoms with Gasteiger partial charge in [-0.2, -0.15) is 0 Å². The fraction of sp³-hybridized carbons (Fsp3) is 0.0526. The summed E-state index contributed by atoms with van der Waals surface area (Å²) in [6.07, 6.45) is 0.931. The average Bonchev–Trinajstić information content (AvgIpc) is 3.23. The van der Waals surface area contributed by atoms with E-state index in [2.05, 4.69) is 39.6 Å². The maximum Gasteiger partial charge on any atom is 0.335 e. The van der Waals surface area contributed by atoms with E-state index in [0.29, 0.717) is 0 Å². The summed E-state index contributed by atoms with van der Waals surface area (Å²) in [7, 11) is 0. The SMILES string of the molecule is O=C(O)c1ccc2nc(-c3ccc(Cc4cccs4)cc3)[nH]c2c1. The summed E-state index contributed by atoms with van der Waals surface area (Å²) in [6.45, 7) is 0. The van der Waals surface area contributed by atoms with Gasteiger partial charge in [0.05, 0.1) is 16.6 Å². The molecule has 0 aliphatic heterocycles. The van der Waals surface area contributed by atoms with Crippen LogP contribution in [0.2, 0.25) is 0 Å². The van der Waals surface area contributed by atoms with Gasteiger partial charge in [-0.15, -0.1) is 11.3 Å². The van der Waals surface area contributed by atoms with Crippen LogP contribution in [0.1, 0.15) is 20.8 Å². The van der Waals surface area contributed by atoms with Crippen molar-refractivity contribution < 1.29 is 9.90 Å². The number of aromatic carboxylic acids is 1. The second-order valence-corrected chi connectivity index (χ2v) is 6.61. The predicted octanol–water partition coefficient (Wildman–Crippen LogP) is 4.58. The van der Waals surface area contributed by atoms with Gasteiger partial charge in [0.1, 0.15) is 5.82 Å². The first-order chi connectivity index (χ1) is 11.7. The number of H-pyrrole nitrogens is 1. The molecule has 2 heterocycles. The summed E-state index contributed by atoms with van der Waals surface area (Å²) < 4.78 is 0. The van der Waals surface area contributed by atoms with Gasteiger partial charge >= 0.3 is 5.97 Å². The van der Waals surface area contributed by atoms with Crippen LogP contribution in [0.3, 0.4) is 0 Å². The molecule has 4 rings (SSSR count). The van der Waals surface area contributed by atoms with E-state index < -0.39 is 5.97 Å². The van der Waals surface area contributed by atoms with Gasteiger partial charge < -0.3 is 10.1 Å². The van der Waals surface area contributed by atoms with Crippen molar-refractivity contribution in [2.75, 3.05) is 0 Å². The molecule has 0 amide bonds. The number of imidazole rings is 1. The highest BCUT2D eigenvalue weighted by Crippen LogP contribution is 2.23. The number of carboxylic acids is 1. The van der Waals surface area contributed by atoms with E-state index in [-0.39, 0.29) is 5.56 Å². The lowest BCUT2D eigenvalue weighted by Gasteiger charge is -2.01. The van der Waals surface area contributed by atoms with Gasteiger partial charge in [-0.25, -0.2) is 9.78 Å². The van der Waals surface area contributed by atoms with E-state index >= 15 is 0 Å². The Morgan fingerprint density at radius 1 is 1.12 bits per heavy atom. The first-order valence-electron chi connectivity index (χ1n) is 7.54. The average molecular weight is 334 g/mol. The first kappa shape index (κ1) is 14.7. The minimum atomic E-state index is -0.939. The lowest BCUT2D eigenvalue weighted by atomic mass is 10.1. The molecule has 118 valence electrons. The van der Waals surface area contributed by atoms with E-state index in [1.165, 1.54) is 10.4 Å². The van der Waals surface area contributed by atoms with E-state index in [0.717, 1.165) is 28.8 Å². The molecule has 0 aliphatic rings. The molecule has 0 saturated heterocycles. The minimum Gasteiger partial charge on any atom is -0.478 e. The van der Waals surface area contributed by atoms with Gasteiger partial charge in [-0.1, -0.05) is 30.3 Å². The third kappa shape index (κ3) is 2.81. The third-order valence-corrected chi connectivity index (χ3v) is 4.79. The number of nitrogens with zero attached hydrogens (tertiary/aromatic N) is 1. The van der Waals surface area contributed by atoms with E-state index in [9.17, 15) is 4.79 Å². The largest absolute Gasteiger partial charge is 0.478 e. The second-order valence-electron chi connectivity index (χ2n) is 5.58. The van der Waals surface area contributed by atoms with Crippen molar-refractivity contribution in [2.24, 2.45) is 0 Å². The molecule has 0 atom stereocenters. The topological polar surface area (TPSA) is 66.0 Å². The lowest BCUT2D eigenvalue weighted by Crippen LogP contribution is -1.94. The van der Waals surface area contributed by atoms with Gasteiger partial charge in [0.15, 0.2) is 0 Å². The number of carbonyl (C=O) groups is 1. The summed E-state index contributed by atoms with van der Waals surface area (Å²) >= 11 is 1.76.